The van der Waals surface area contributed by atoms with Crippen LogP contribution in [0.15, 0.2) is 24.3 Å². The Morgan fingerprint density at radius 1 is 1.33 bits per heavy atom. The number of benzene rings is 1. The largest absolute Gasteiger partial charge is 0.772 e. The molecule has 116 valence electrons. The SMILES string of the molecule is CC(C)C[C@@H](C=O)NC(=O)Nc1ccc(CS(=O)[O-])cc1. The Labute approximate surface area is 126 Å². The molecule has 1 rings (SSSR count). The van der Waals surface area contributed by atoms with E-state index in [0.29, 0.717) is 29.9 Å². The number of amides is 2. The second kappa shape index (κ2) is 8.53. The second-order valence-electron chi connectivity index (χ2n) is 5.12. The Morgan fingerprint density at radius 3 is 2.43 bits per heavy atom. The van der Waals surface area contributed by atoms with E-state index in [-0.39, 0.29) is 5.75 Å². The van der Waals surface area contributed by atoms with E-state index in [2.05, 4.69) is 10.6 Å². The average Bonchev–Trinajstić information content (AvgIpc) is 2.39. The molecule has 1 aromatic rings. The minimum Gasteiger partial charge on any atom is -0.772 e. The quantitative estimate of drug-likeness (QED) is 0.592. The molecule has 0 fully saturated rings. The standard InChI is InChI=1S/C14H20N2O4S/c1-10(2)7-13(8-17)16-14(18)15-12-5-3-11(4-6-12)9-21(19)20/h3-6,8,10,13H,7,9H2,1-2H3,(H,19,20)(H2,15,16,18)/p-1/t13-/m0/s1. The third kappa shape index (κ3) is 7.01. The Kier molecular flexibility index (Phi) is 7.04. The maximum atomic E-state index is 11.7. The Bertz CT molecular complexity index is 502. The molecular weight excluding hydrogens is 292 g/mol. The number of carbonyl (C=O) groups is 2. The van der Waals surface area contributed by atoms with E-state index in [1.165, 1.54) is 0 Å². The summed E-state index contributed by atoms with van der Waals surface area (Å²) < 4.78 is 21.1. The molecule has 0 heterocycles. The van der Waals surface area contributed by atoms with Gasteiger partial charge in [0.05, 0.1) is 6.04 Å². The second-order valence-corrected chi connectivity index (χ2v) is 6.01. The summed E-state index contributed by atoms with van der Waals surface area (Å²) in [6, 6.07) is 5.48. The Morgan fingerprint density at radius 2 is 1.95 bits per heavy atom. The summed E-state index contributed by atoms with van der Waals surface area (Å²) in [5.74, 6) is 0.237. The first-order chi connectivity index (χ1) is 9.90. The molecule has 1 unspecified atom stereocenters. The highest BCUT2D eigenvalue weighted by Crippen LogP contribution is 2.11. The van der Waals surface area contributed by atoms with Gasteiger partial charge in [0.1, 0.15) is 6.29 Å². The van der Waals surface area contributed by atoms with Crippen LogP contribution in [0.2, 0.25) is 0 Å². The summed E-state index contributed by atoms with van der Waals surface area (Å²) in [4.78, 5) is 22.6. The maximum Gasteiger partial charge on any atom is 0.319 e. The number of hydrogen-bond donors (Lipinski definition) is 2. The van der Waals surface area contributed by atoms with E-state index in [9.17, 15) is 18.4 Å². The van der Waals surface area contributed by atoms with Crippen molar-refractivity contribution in [3.05, 3.63) is 29.8 Å². The monoisotopic (exact) mass is 311 g/mol. The highest BCUT2D eigenvalue weighted by atomic mass is 32.2. The van der Waals surface area contributed by atoms with Crippen LogP contribution in [0.3, 0.4) is 0 Å². The molecule has 7 heteroatoms. The van der Waals surface area contributed by atoms with Gasteiger partial charge in [-0.05, 0) is 30.0 Å². The van der Waals surface area contributed by atoms with Gasteiger partial charge in [-0.25, -0.2) is 4.79 Å². The fraction of sp³-hybridized carbons (Fsp3) is 0.429. The molecule has 0 aliphatic rings. The molecule has 0 aromatic heterocycles. The van der Waals surface area contributed by atoms with Gasteiger partial charge < -0.3 is 20.0 Å². The van der Waals surface area contributed by atoms with E-state index in [4.69, 9.17) is 0 Å². The lowest BCUT2D eigenvalue weighted by Crippen LogP contribution is -2.39. The van der Waals surface area contributed by atoms with E-state index < -0.39 is 23.2 Å². The first kappa shape index (κ1) is 17.3. The first-order valence-electron chi connectivity index (χ1n) is 6.58. The zero-order valence-corrected chi connectivity index (χ0v) is 12.8. The normalized spacial score (nSPS) is 13.5. The van der Waals surface area contributed by atoms with Crippen LogP contribution in [-0.2, 0) is 21.6 Å². The number of urea groups is 1. The molecule has 0 bridgehead atoms. The summed E-state index contributed by atoms with van der Waals surface area (Å²) in [6.07, 6.45) is 1.29. The van der Waals surface area contributed by atoms with Gasteiger partial charge in [0.25, 0.3) is 0 Å². The van der Waals surface area contributed by atoms with Crippen molar-refractivity contribution >= 4 is 29.1 Å². The van der Waals surface area contributed by atoms with Crippen molar-refractivity contribution in [2.75, 3.05) is 5.32 Å². The number of anilines is 1. The van der Waals surface area contributed by atoms with Gasteiger partial charge in [-0.1, -0.05) is 37.1 Å². The Hall–Kier alpha value is -1.73. The molecule has 0 aliphatic carbocycles. The number of aldehydes is 1. The van der Waals surface area contributed by atoms with Crippen LogP contribution >= 0.6 is 0 Å². The smallest absolute Gasteiger partial charge is 0.319 e. The molecule has 2 atom stereocenters. The van der Waals surface area contributed by atoms with Gasteiger partial charge in [-0.3, -0.25) is 4.21 Å². The van der Waals surface area contributed by atoms with E-state index >= 15 is 0 Å². The molecule has 6 nitrogen and oxygen atoms in total. The van der Waals surface area contributed by atoms with Crippen molar-refractivity contribution in [2.24, 2.45) is 5.92 Å². The van der Waals surface area contributed by atoms with Crippen LogP contribution in [0, 0.1) is 5.92 Å². The van der Waals surface area contributed by atoms with Gasteiger partial charge in [-0.15, -0.1) is 0 Å². The number of carbonyl (C=O) groups excluding carboxylic acids is 2. The van der Waals surface area contributed by atoms with Crippen molar-refractivity contribution in [3.63, 3.8) is 0 Å². The molecule has 0 aliphatic heterocycles. The van der Waals surface area contributed by atoms with Crippen LogP contribution < -0.4 is 10.6 Å². The highest BCUT2D eigenvalue weighted by Gasteiger charge is 2.12. The molecule has 1 aromatic carbocycles. The molecule has 0 spiro atoms. The van der Waals surface area contributed by atoms with Crippen LogP contribution in [-0.4, -0.2) is 27.1 Å². The summed E-state index contributed by atoms with van der Waals surface area (Å²) in [5.41, 5.74) is 1.17. The van der Waals surface area contributed by atoms with Crippen molar-refractivity contribution in [3.8, 4) is 0 Å². The van der Waals surface area contributed by atoms with Gasteiger partial charge in [0.15, 0.2) is 0 Å². The summed E-state index contributed by atoms with van der Waals surface area (Å²) >= 11 is -2.14. The molecule has 2 N–H and O–H groups in total. The predicted molar refractivity (Wildman–Crippen MR) is 80.5 cm³/mol. The van der Waals surface area contributed by atoms with Crippen LogP contribution in [0.25, 0.3) is 0 Å². The third-order valence-electron chi connectivity index (χ3n) is 2.70. The number of nitrogens with one attached hydrogen (secondary N) is 2. The average molecular weight is 311 g/mol. The van der Waals surface area contributed by atoms with E-state index in [0.717, 1.165) is 0 Å². The molecule has 21 heavy (non-hydrogen) atoms. The van der Waals surface area contributed by atoms with Gasteiger partial charge in [-0.2, -0.15) is 0 Å². The molecular formula is C14H19N2O4S-. The topological polar surface area (TPSA) is 98.3 Å². The van der Waals surface area contributed by atoms with E-state index in [1.807, 2.05) is 13.8 Å². The minimum atomic E-state index is -2.14. The zero-order chi connectivity index (χ0) is 15.8. The first-order valence-corrected chi connectivity index (χ1v) is 7.82. The van der Waals surface area contributed by atoms with Gasteiger partial charge >= 0.3 is 6.03 Å². The molecule has 2 amide bonds. The lowest BCUT2D eigenvalue weighted by Gasteiger charge is -2.15. The van der Waals surface area contributed by atoms with Crippen molar-refractivity contribution in [1.82, 2.24) is 5.32 Å². The highest BCUT2D eigenvalue weighted by molar-refractivity contribution is 7.78. The van der Waals surface area contributed by atoms with Crippen LogP contribution in [0.5, 0.6) is 0 Å². The van der Waals surface area contributed by atoms with Crippen LogP contribution in [0.4, 0.5) is 10.5 Å². The van der Waals surface area contributed by atoms with E-state index in [1.54, 1.807) is 24.3 Å². The lowest BCUT2D eigenvalue weighted by atomic mass is 10.1. The van der Waals surface area contributed by atoms with Gasteiger partial charge in [0.2, 0.25) is 0 Å². The summed E-state index contributed by atoms with van der Waals surface area (Å²) in [6.45, 7) is 3.93. The predicted octanol–water partition coefficient (Wildman–Crippen LogP) is 1.80. The summed E-state index contributed by atoms with van der Waals surface area (Å²) in [7, 11) is 0. The fourth-order valence-corrected chi connectivity index (χ4v) is 2.28. The lowest BCUT2D eigenvalue weighted by molar-refractivity contribution is -0.109. The van der Waals surface area contributed by atoms with Crippen molar-refractivity contribution in [1.29, 1.82) is 0 Å². The molecule has 0 saturated carbocycles. The maximum absolute atomic E-state index is 11.7. The number of rotatable bonds is 7. The van der Waals surface area contributed by atoms with Gasteiger partial charge in [0, 0.05) is 11.4 Å². The van der Waals surface area contributed by atoms with Crippen LogP contribution in [0.1, 0.15) is 25.8 Å². The minimum absolute atomic E-state index is 0.0614. The Balaban J connectivity index is 2.54. The summed E-state index contributed by atoms with van der Waals surface area (Å²) in [5, 5.41) is 5.17. The number of hydrogen-bond acceptors (Lipinski definition) is 4. The molecule has 0 saturated heterocycles. The molecule has 0 radical (unpaired) electrons. The third-order valence-corrected chi connectivity index (χ3v) is 3.27. The fourth-order valence-electron chi connectivity index (χ4n) is 1.81. The van der Waals surface area contributed by atoms with Crippen molar-refractivity contribution in [2.45, 2.75) is 32.1 Å². The zero-order valence-electron chi connectivity index (χ0n) is 12.0. The van der Waals surface area contributed by atoms with Crippen molar-refractivity contribution < 1.29 is 18.4 Å².